The third kappa shape index (κ3) is 3.49. The molecular formula is C11H22N2. The Hall–Kier alpha value is -0.340. The molecule has 0 aromatic heterocycles. The maximum Gasteiger partial charge on any atom is 0.0221 e. The Bertz CT molecular complexity index is 175. The molecule has 0 saturated carbocycles. The first-order valence-corrected chi connectivity index (χ1v) is 5.17. The molecule has 2 heteroatoms. The van der Waals surface area contributed by atoms with Crippen LogP contribution in [0.1, 0.15) is 33.6 Å². The minimum Gasteiger partial charge on any atom is -0.312 e. The van der Waals surface area contributed by atoms with Crippen LogP contribution in [-0.4, -0.2) is 24.2 Å². The molecule has 0 aromatic carbocycles. The Morgan fingerprint density at radius 3 is 2.85 bits per heavy atom. The normalized spacial score (nSPS) is 29.6. The summed E-state index contributed by atoms with van der Waals surface area (Å²) in [6.45, 7) is 11.6. The molecule has 0 radical (unpaired) electrons. The van der Waals surface area contributed by atoms with Gasteiger partial charge in [-0.05, 0) is 40.2 Å². The van der Waals surface area contributed by atoms with Gasteiger partial charge in [0.15, 0.2) is 0 Å². The second kappa shape index (κ2) is 4.25. The maximum atomic E-state index is 3.78. The minimum atomic E-state index is 0.288. The smallest absolute Gasteiger partial charge is 0.0221 e. The Balaban J connectivity index is 2.38. The van der Waals surface area contributed by atoms with E-state index in [1.54, 1.807) is 0 Å². The number of nitrogens with one attached hydrogen (secondary N) is 2. The van der Waals surface area contributed by atoms with E-state index < -0.39 is 0 Å². The molecule has 2 unspecified atom stereocenters. The zero-order valence-corrected chi connectivity index (χ0v) is 9.06. The van der Waals surface area contributed by atoms with Crippen molar-refractivity contribution in [2.45, 2.75) is 51.2 Å². The molecule has 0 bridgehead atoms. The van der Waals surface area contributed by atoms with Gasteiger partial charge in [-0.1, -0.05) is 6.08 Å². The van der Waals surface area contributed by atoms with Gasteiger partial charge in [0.1, 0.15) is 0 Å². The van der Waals surface area contributed by atoms with Crippen LogP contribution in [0.3, 0.4) is 0 Å². The molecule has 1 aliphatic heterocycles. The molecule has 0 aliphatic carbocycles. The molecule has 1 fully saturated rings. The second-order valence-corrected chi connectivity index (χ2v) is 4.69. The highest BCUT2D eigenvalue weighted by Crippen LogP contribution is 2.18. The van der Waals surface area contributed by atoms with E-state index in [4.69, 9.17) is 0 Å². The van der Waals surface area contributed by atoms with E-state index in [-0.39, 0.29) is 5.54 Å². The molecule has 13 heavy (non-hydrogen) atoms. The van der Waals surface area contributed by atoms with E-state index in [1.165, 1.54) is 12.8 Å². The average molecular weight is 182 g/mol. The second-order valence-electron chi connectivity index (χ2n) is 4.69. The molecule has 0 aromatic rings. The quantitative estimate of drug-likeness (QED) is 0.649. The summed E-state index contributed by atoms with van der Waals surface area (Å²) in [4.78, 5) is 0. The monoisotopic (exact) mass is 182 g/mol. The summed E-state index contributed by atoms with van der Waals surface area (Å²) in [5, 5.41) is 7.08. The molecule has 1 aliphatic rings. The van der Waals surface area contributed by atoms with Gasteiger partial charge in [-0.2, -0.15) is 0 Å². The Labute approximate surface area is 81.8 Å². The van der Waals surface area contributed by atoms with Gasteiger partial charge in [0.05, 0.1) is 0 Å². The molecule has 0 spiro atoms. The van der Waals surface area contributed by atoms with Crippen LogP contribution in [-0.2, 0) is 0 Å². The summed E-state index contributed by atoms with van der Waals surface area (Å²) < 4.78 is 0. The lowest BCUT2D eigenvalue weighted by atomic mass is 9.89. The largest absolute Gasteiger partial charge is 0.312 e. The van der Waals surface area contributed by atoms with Crippen LogP contribution in [0.2, 0.25) is 0 Å². The highest BCUT2D eigenvalue weighted by atomic mass is 15.0. The first-order chi connectivity index (χ1) is 6.03. The van der Waals surface area contributed by atoms with Crippen molar-refractivity contribution in [3.63, 3.8) is 0 Å². The Morgan fingerprint density at radius 2 is 2.31 bits per heavy atom. The topological polar surface area (TPSA) is 24.1 Å². The van der Waals surface area contributed by atoms with Crippen molar-refractivity contribution in [3.8, 4) is 0 Å². The fourth-order valence-electron chi connectivity index (χ4n) is 1.96. The summed E-state index contributed by atoms with van der Waals surface area (Å²) in [6, 6.07) is 1.07. The van der Waals surface area contributed by atoms with E-state index in [0.717, 1.165) is 6.54 Å². The lowest BCUT2D eigenvalue weighted by Crippen LogP contribution is -2.53. The number of rotatable bonds is 3. The van der Waals surface area contributed by atoms with Gasteiger partial charge in [-0.15, -0.1) is 6.58 Å². The van der Waals surface area contributed by atoms with E-state index in [1.807, 2.05) is 6.08 Å². The number of piperidine rings is 1. The zero-order chi connectivity index (χ0) is 9.90. The predicted molar refractivity (Wildman–Crippen MR) is 57.9 cm³/mol. The van der Waals surface area contributed by atoms with Gasteiger partial charge >= 0.3 is 0 Å². The molecule has 1 heterocycles. The summed E-state index contributed by atoms with van der Waals surface area (Å²) >= 11 is 0. The number of hydrogen-bond donors (Lipinski definition) is 2. The summed E-state index contributed by atoms with van der Waals surface area (Å²) in [6.07, 6.45) is 4.39. The summed E-state index contributed by atoms with van der Waals surface area (Å²) in [7, 11) is 0. The molecule has 2 atom stereocenters. The van der Waals surface area contributed by atoms with Gasteiger partial charge in [0.25, 0.3) is 0 Å². The van der Waals surface area contributed by atoms with Crippen molar-refractivity contribution in [1.29, 1.82) is 0 Å². The highest BCUT2D eigenvalue weighted by molar-refractivity contribution is 4.92. The van der Waals surface area contributed by atoms with Crippen molar-refractivity contribution in [1.82, 2.24) is 10.6 Å². The van der Waals surface area contributed by atoms with Gasteiger partial charge in [0.2, 0.25) is 0 Å². The van der Waals surface area contributed by atoms with Crippen LogP contribution in [0, 0.1) is 0 Å². The molecule has 1 rings (SSSR count). The van der Waals surface area contributed by atoms with Crippen LogP contribution < -0.4 is 10.6 Å². The fraction of sp³-hybridized carbons (Fsp3) is 0.818. The SMILES string of the molecule is C=CC(C)NC1CCNC(C)(C)C1. The van der Waals surface area contributed by atoms with E-state index >= 15 is 0 Å². The van der Waals surface area contributed by atoms with Crippen LogP contribution in [0.4, 0.5) is 0 Å². The minimum absolute atomic E-state index is 0.288. The third-order valence-electron chi connectivity index (χ3n) is 2.71. The van der Waals surface area contributed by atoms with Gasteiger partial charge in [-0.25, -0.2) is 0 Å². The van der Waals surface area contributed by atoms with Crippen molar-refractivity contribution in [3.05, 3.63) is 12.7 Å². The lowest BCUT2D eigenvalue weighted by molar-refractivity contribution is 0.244. The molecular weight excluding hydrogens is 160 g/mol. The van der Waals surface area contributed by atoms with Crippen LogP contribution in [0.25, 0.3) is 0 Å². The zero-order valence-electron chi connectivity index (χ0n) is 9.06. The fourth-order valence-corrected chi connectivity index (χ4v) is 1.96. The average Bonchev–Trinajstić information content (AvgIpc) is 2.02. The standard InChI is InChI=1S/C11H22N2/c1-5-9(2)13-10-6-7-12-11(3,4)8-10/h5,9-10,12-13H,1,6-8H2,2-4H3. The van der Waals surface area contributed by atoms with Crippen molar-refractivity contribution in [2.75, 3.05) is 6.54 Å². The van der Waals surface area contributed by atoms with E-state index in [0.29, 0.717) is 12.1 Å². The molecule has 2 N–H and O–H groups in total. The predicted octanol–water partition coefficient (Wildman–Crippen LogP) is 1.68. The maximum absolute atomic E-state index is 3.78. The first-order valence-electron chi connectivity index (χ1n) is 5.17. The van der Waals surface area contributed by atoms with Crippen molar-refractivity contribution < 1.29 is 0 Å². The van der Waals surface area contributed by atoms with Crippen LogP contribution >= 0.6 is 0 Å². The highest BCUT2D eigenvalue weighted by Gasteiger charge is 2.27. The van der Waals surface area contributed by atoms with Gasteiger partial charge in [0, 0.05) is 17.6 Å². The van der Waals surface area contributed by atoms with Crippen LogP contribution in [0.15, 0.2) is 12.7 Å². The van der Waals surface area contributed by atoms with Crippen molar-refractivity contribution in [2.24, 2.45) is 0 Å². The van der Waals surface area contributed by atoms with E-state index in [9.17, 15) is 0 Å². The Kier molecular flexibility index (Phi) is 3.51. The van der Waals surface area contributed by atoms with E-state index in [2.05, 4.69) is 38.0 Å². The lowest BCUT2D eigenvalue weighted by Gasteiger charge is -2.37. The van der Waals surface area contributed by atoms with Crippen LogP contribution in [0.5, 0.6) is 0 Å². The van der Waals surface area contributed by atoms with Gasteiger partial charge < -0.3 is 10.6 Å². The number of hydrogen-bond acceptors (Lipinski definition) is 2. The molecule has 1 saturated heterocycles. The summed E-state index contributed by atoms with van der Waals surface area (Å²) in [5.74, 6) is 0. The molecule has 2 nitrogen and oxygen atoms in total. The Morgan fingerprint density at radius 1 is 1.62 bits per heavy atom. The van der Waals surface area contributed by atoms with Crippen molar-refractivity contribution >= 4 is 0 Å². The van der Waals surface area contributed by atoms with Gasteiger partial charge in [-0.3, -0.25) is 0 Å². The first kappa shape index (κ1) is 10.7. The third-order valence-corrected chi connectivity index (χ3v) is 2.71. The summed E-state index contributed by atoms with van der Waals surface area (Å²) in [5.41, 5.74) is 0.288. The molecule has 0 amide bonds. The molecule has 76 valence electrons.